The molecule has 29 heavy (non-hydrogen) atoms. The van der Waals surface area contributed by atoms with E-state index in [0.29, 0.717) is 43.9 Å². The van der Waals surface area contributed by atoms with Gasteiger partial charge in [0.15, 0.2) is 5.76 Å². The Hall–Kier alpha value is -3.35. The van der Waals surface area contributed by atoms with Gasteiger partial charge >= 0.3 is 0 Å². The molecule has 3 heterocycles. The third kappa shape index (κ3) is 3.68. The quantitative estimate of drug-likeness (QED) is 0.684. The van der Waals surface area contributed by atoms with Crippen LogP contribution in [0.3, 0.4) is 0 Å². The van der Waals surface area contributed by atoms with Crippen molar-refractivity contribution in [1.29, 1.82) is 0 Å². The summed E-state index contributed by atoms with van der Waals surface area (Å²) in [5.74, 6) is 0.159. The van der Waals surface area contributed by atoms with Crippen LogP contribution in [0.15, 0.2) is 53.3 Å². The lowest BCUT2D eigenvalue weighted by Gasteiger charge is -2.34. The van der Waals surface area contributed by atoms with Gasteiger partial charge in [-0.2, -0.15) is 5.10 Å². The number of amides is 2. The Morgan fingerprint density at radius 2 is 1.66 bits per heavy atom. The number of rotatable bonds is 4. The van der Waals surface area contributed by atoms with E-state index in [9.17, 15) is 9.59 Å². The van der Waals surface area contributed by atoms with Crippen molar-refractivity contribution in [3.63, 3.8) is 0 Å². The summed E-state index contributed by atoms with van der Waals surface area (Å²) >= 11 is 0. The molecule has 1 aliphatic rings. The lowest BCUT2D eigenvalue weighted by molar-refractivity contribution is 0.0517. The molecule has 0 atom stereocenters. The monoisotopic (exact) mass is 392 g/mol. The number of piperazine rings is 1. The molecule has 0 N–H and O–H groups in total. The Morgan fingerprint density at radius 1 is 1.00 bits per heavy atom. The first kappa shape index (κ1) is 19.0. The van der Waals surface area contributed by atoms with E-state index in [1.165, 1.54) is 11.8 Å². The van der Waals surface area contributed by atoms with Crippen molar-refractivity contribution < 1.29 is 14.0 Å². The molecule has 4 rings (SSSR count). The maximum atomic E-state index is 13.1. The van der Waals surface area contributed by atoms with Gasteiger partial charge in [-0.15, -0.1) is 0 Å². The summed E-state index contributed by atoms with van der Waals surface area (Å²) in [6.07, 6.45) is 3.85. The Labute approximate surface area is 169 Å². The Balaban J connectivity index is 1.48. The molecule has 0 aliphatic carbocycles. The molecule has 1 fully saturated rings. The van der Waals surface area contributed by atoms with E-state index >= 15 is 0 Å². The fourth-order valence-corrected chi connectivity index (χ4v) is 3.64. The molecule has 0 radical (unpaired) electrons. The number of furan rings is 1. The highest BCUT2D eigenvalue weighted by Gasteiger charge is 2.28. The molecule has 1 aliphatic heterocycles. The summed E-state index contributed by atoms with van der Waals surface area (Å²) in [7, 11) is 0. The predicted octanol–water partition coefficient (Wildman–Crippen LogP) is 2.93. The zero-order valence-corrected chi connectivity index (χ0v) is 16.7. The summed E-state index contributed by atoms with van der Waals surface area (Å²) in [5, 5.41) is 4.47. The van der Waals surface area contributed by atoms with Gasteiger partial charge < -0.3 is 14.2 Å². The Morgan fingerprint density at radius 3 is 2.24 bits per heavy atom. The zero-order chi connectivity index (χ0) is 20.4. The minimum atomic E-state index is -0.136. The first-order valence-corrected chi connectivity index (χ1v) is 9.84. The standard InChI is InChI=1S/C22H24N4O3/c1-3-19-18(15-23-26(19)17-8-6-16(2)7-9-17)21(27)24-10-12-25(13-11-24)22(28)20-5-4-14-29-20/h4-9,14-15H,3,10-13H2,1-2H3. The molecule has 0 unspecified atom stereocenters. The van der Waals surface area contributed by atoms with E-state index < -0.39 is 0 Å². The highest BCUT2D eigenvalue weighted by molar-refractivity contribution is 5.96. The second-order valence-corrected chi connectivity index (χ2v) is 7.17. The van der Waals surface area contributed by atoms with E-state index in [4.69, 9.17) is 4.42 Å². The van der Waals surface area contributed by atoms with Gasteiger partial charge in [-0.3, -0.25) is 9.59 Å². The Kier molecular flexibility index (Phi) is 5.20. The maximum Gasteiger partial charge on any atom is 0.289 e. The number of carbonyl (C=O) groups excluding carboxylic acids is 2. The number of nitrogens with zero attached hydrogens (tertiary/aromatic N) is 4. The number of hydrogen-bond acceptors (Lipinski definition) is 4. The van der Waals surface area contributed by atoms with Crippen molar-refractivity contribution in [2.75, 3.05) is 26.2 Å². The fourth-order valence-electron chi connectivity index (χ4n) is 3.64. The third-order valence-corrected chi connectivity index (χ3v) is 5.30. The lowest BCUT2D eigenvalue weighted by atomic mass is 10.1. The van der Waals surface area contributed by atoms with Crippen LogP contribution in [0, 0.1) is 6.92 Å². The molecule has 150 valence electrons. The van der Waals surface area contributed by atoms with Crippen LogP contribution in [-0.4, -0.2) is 57.6 Å². The molecule has 1 aromatic carbocycles. The largest absolute Gasteiger partial charge is 0.459 e. The van der Waals surface area contributed by atoms with Gasteiger partial charge in [-0.1, -0.05) is 24.6 Å². The second-order valence-electron chi connectivity index (χ2n) is 7.17. The van der Waals surface area contributed by atoms with Gasteiger partial charge in [0.05, 0.1) is 29.4 Å². The van der Waals surface area contributed by atoms with E-state index in [2.05, 4.69) is 5.10 Å². The molecular formula is C22H24N4O3. The predicted molar refractivity (Wildman–Crippen MR) is 108 cm³/mol. The van der Waals surface area contributed by atoms with Gasteiger partial charge in [0, 0.05) is 26.2 Å². The average molecular weight is 392 g/mol. The van der Waals surface area contributed by atoms with Crippen molar-refractivity contribution in [2.24, 2.45) is 0 Å². The number of aryl methyl sites for hydroxylation is 1. The summed E-state index contributed by atoms with van der Waals surface area (Å²) in [4.78, 5) is 29.1. The molecule has 3 aromatic rings. The van der Waals surface area contributed by atoms with Crippen LogP contribution in [-0.2, 0) is 6.42 Å². The first-order valence-electron chi connectivity index (χ1n) is 9.84. The topological polar surface area (TPSA) is 71.6 Å². The van der Waals surface area contributed by atoms with Gasteiger partial charge in [0.1, 0.15) is 0 Å². The number of benzene rings is 1. The highest BCUT2D eigenvalue weighted by atomic mass is 16.3. The normalized spacial score (nSPS) is 14.3. The summed E-state index contributed by atoms with van der Waals surface area (Å²) in [6, 6.07) is 11.4. The van der Waals surface area contributed by atoms with Gasteiger partial charge in [-0.05, 0) is 37.6 Å². The van der Waals surface area contributed by atoms with E-state index in [0.717, 1.165) is 11.4 Å². The van der Waals surface area contributed by atoms with Crippen molar-refractivity contribution in [3.05, 3.63) is 71.4 Å². The van der Waals surface area contributed by atoms with Crippen LogP contribution in [0.2, 0.25) is 0 Å². The smallest absolute Gasteiger partial charge is 0.289 e. The first-order chi connectivity index (χ1) is 14.1. The van der Waals surface area contributed by atoms with Crippen LogP contribution in [0.1, 0.15) is 39.1 Å². The van der Waals surface area contributed by atoms with Gasteiger partial charge in [0.25, 0.3) is 11.8 Å². The van der Waals surface area contributed by atoms with Crippen LogP contribution in [0.4, 0.5) is 0 Å². The molecular weight excluding hydrogens is 368 g/mol. The minimum Gasteiger partial charge on any atom is -0.459 e. The maximum absolute atomic E-state index is 13.1. The van der Waals surface area contributed by atoms with E-state index in [1.807, 2.05) is 42.8 Å². The molecule has 2 aromatic heterocycles. The van der Waals surface area contributed by atoms with Crippen molar-refractivity contribution in [2.45, 2.75) is 20.3 Å². The molecule has 7 heteroatoms. The summed E-state index contributed by atoms with van der Waals surface area (Å²) in [6.45, 7) is 6.02. The zero-order valence-electron chi connectivity index (χ0n) is 16.7. The second kappa shape index (κ2) is 7.95. The molecule has 0 spiro atoms. The van der Waals surface area contributed by atoms with Crippen LogP contribution < -0.4 is 0 Å². The van der Waals surface area contributed by atoms with E-state index in [1.54, 1.807) is 28.1 Å². The average Bonchev–Trinajstić information content (AvgIpc) is 3.43. The van der Waals surface area contributed by atoms with Crippen molar-refractivity contribution >= 4 is 11.8 Å². The number of aromatic nitrogens is 2. The fraction of sp³-hybridized carbons (Fsp3) is 0.318. The molecule has 1 saturated heterocycles. The summed E-state index contributed by atoms with van der Waals surface area (Å²) < 4.78 is 7.03. The van der Waals surface area contributed by atoms with Crippen molar-refractivity contribution in [1.82, 2.24) is 19.6 Å². The Bertz CT molecular complexity index is 997. The molecule has 7 nitrogen and oxygen atoms in total. The molecule has 2 amide bonds. The van der Waals surface area contributed by atoms with Crippen LogP contribution in [0.5, 0.6) is 0 Å². The third-order valence-electron chi connectivity index (χ3n) is 5.30. The minimum absolute atomic E-state index is 0.0368. The molecule has 0 saturated carbocycles. The molecule has 0 bridgehead atoms. The summed E-state index contributed by atoms with van der Waals surface area (Å²) in [5.41, 5.74) is 3.64. The van der Waals surface area contributed by atoms with Crippen LogP contribution in [0.25, 0.3) is 5.69 Å². The van der Waals surface area contributed by atoms with Crippen LogP contribution >= 0.6 is 0 Å². The lowest BCUT2D eigenvalue weighted by Crippen LogP contribution is -2.50. The van der Waals surface area contributed by atoms with E-state index in [-0.39, 0.29) is 11.8 Å². The van der Waals surface area contributed by atoms with Gasteiger partial charge in [0.2, 0.25) is 0 Å². The number of hydrogen-bond donors (Lipinski definition) is 0. The van der Waals surface area contributed by atoms with Gasteiger partial charge in [-0.25, -0.2) is 4.68 Å². The van der Waals surface area contributed by atoms with Crippen molar-refractivity contribution in [3.8, 4) is 5.69 Å². The highest BCUT2D eigenvalue weighted by Crippen LogP contribution is 2.19. The number of carbonyl (C=O) groups is 2. The SMILES string of the molecule is CCc1c(C(=O)N2CCN(C(=O)c3ccco3)CC2)cnn1-c1ccc(C)cc1.